The molecule has 0 fully saturated rings. The molecule has 0 bridgehead atoms. The van der Waals surface area contributed by atoms with Gasteiger partial charge in [-0.2, -0.15) is 0 Å². The zero-order chi connectivity index (χ0) is 18.7. The Labute approximate surface area is 163 Å². The minimum absolute atomic E-state index is 0.216. The van der Waals surface area contributed by atoms with Crippen LogP contribution in [0.15, 0.2) is 46.5 Å². The Morgan fingerprint density at radius 1 is 1.27 bits per heavy atom. The number of fused-ring (bicyclic) bond motifs is 3. The van der Waals surface area contributed by atoms with E-state index >= 15 is 0 Å². The smallest absolute Gasteiger partial charge is 0.188 e. The fourth-order valence-corrected chi connectivity index (χ4v) is 3.62. The van der Waals surface area contributed by atoms with Gasteiger partial charge in [-0.15, -0.1) is 0 Å². The van der Waals surface area contributed by atoms with E-state index in [0.717, 1.165) is 45.1 Å². The van der Waals surface area contributed by atoms with Crippen molar-refractivity contribution in [2.75, 3.05) is 13.9 Å². The van der Waals surface area contributed by atoms with Crippen LogP contribution in [-0.4, -0.2) is 19.5 Å². The van der Waals surface area contributed by atoms with Crippen molar-refractivity contribution in [1.82, 2.24) is 0 Å². The molecule has 0 radical (unpaired) electrons. The second kappa shape index (κ2) is 7.85. The number of halogens is 1. The molecule has 0 unspecified atom stereocenters. The van der Waals surface area contributed by atoms with Crippen molar-refractivity contribution in [3.05, 3.63) is 52.0 Å². The van der Waals surface area contributed by atoms with Gasteiger partial charge in [0.2, 0.25) is 0 Å². The van der Waals surface area contributed by atoms with Crippen LogP contribution in [0.2, 0.25) is 0 Å². The summed E-state index contributed by atoms with van der Waals surface area (Å²) in [5.74, 6) is 1.68. The molecular formula is C22H25BrO3. The summed E-state index contributed by atoms with van der Waals surface area (Å²) in [5.41, 5.74) is 2.16. The fourth-order valence-electron chi connectivity index (χ4n) is 3.15. The van der Waals surface area contributed by atoms with E-state index in [4.69, 9.17) is 14.2 Å². The molecule has 2 aromatic carbocycles. The molecule has 3 rings (SSSR count). The van der Waals surface area contributed by atoms with Gasteiger partial charge in [0.15, 0.2) is 6.79 Å². The molecule has 0 saturated heterocycles. The third kappa shape index (κ3) is 4.13. The van der Waals surface area contributed by atoms with Gasteiger partial charge in [-0.3, -0.25) is 0 Å². The molecule has 1 atom stereocenters. The first-order valence-corrected chi connectivity index (χ1v) is 9.61. The molecule has 0 amide bonds. The van der Waals surface area contributed by atoms with Crippen molar-refractivity contribution < 1.29 is 14.2 Å². The van der Waals surface area contributed by atoms with Crippen molar-refractivity contribution >= 4 is 32.8 Å². The highest BCUT2D eigenvalue weighted by atomic mass is 79.9. The van der Waals surface area contributed by atoms with Crippen LogP contribution < -0.4 is 9.47 Å². The Kier molecular flexibility index (Phi) is 5.73. The lowest BCUT2D eigenvalue weighted by Gasteiger charge is -2.32. The Bertz CT molecular complexity index is 865. The first-order chi connectivity index (χ1) is 12.4. The van der Waals surface area contributed by atoms with Gasteiger partial charge >= 0.3 is 0 Å². The molecule has 1 heterocycles. The number of methoxy groups -OCH3 is 1. The van der Waals surface area contributed by atoms with Gasteiger partial charge in [0.25, 0.3) is 0 Å². The summed E-state index contributed by atoms with van der Waals surface area (Å²) in [5, 5.41) is 2.25. The highest BCUT2D eigenvalue weighted by Crippen LogP contribution is 2.40. The molecule has 1 aliphatic rings. The van der Waals surface area contributed by atoms with Gasteiger partial charge in [-0.25, -0.2) is 0 Å². The summed E-state index contributed by atoms with van der Waals surface area (Å²) in [7, 11) is 1.61. The maximum absolute atomic E-state index is 6.37. The largest absolute Gasteiger partial charge is 0.483 e. The number of hydrogen-bond donors (Lipinski definition) is 0. The number of rotatable bonds is 6. The highest BCUT2D eigenvalue weighted by molar-refractivity contribution is 9.10. The van der Waals surface area contributed by atoms with E-state index in [9.17, 15) is 0 Å². The average Bonchev–Trinajstić information content (AvgIpc) is 2.59. The predicted molar refractivity (Wildman–Crippen MR) is 111 cm³/mol. The predicted octanol–water partition coefficient (Wildman–Crippen LogP) is 6.50. The van der Waals surface area contributed by atoms with Crippen LogP contribution in [0, 0.1) is 0 Å². The van der Waals surface area contributed by atoms with E-state index < -0.39 is 0 Å². The molecular weight excluding hydrogens is 392 g/mol. The Morgan fingerprint density at radius 3 is 2.81 bits per heavy atom. The zero-order valence-corrected chi connectivity index (χ0v) is 17.4. The van der Waals surface area contributed by atoms with E-state index in [-0.39, 0.29) is 12.4 Å². The van der Waals surface area contributed by atoms with Gasteiger partial charge < -0.3 is 14.2 Å². The van der Waals surface area contributed by atoms with Crippen LogP contribution in [0.25, 0.3) is 16.8 Å². The minimum atomic E-state index is -0.280. The Balaban J connectivity index is 1.93. The summed E-state index contributed by atoms with van der Waals surface area (Å²) < 4.78 is 18.0. The Hall–Kier alpha value is -1.78. The summed E-state index contributed by atoms with van der Waals surface area (Å²) in [6, 6.07) is 8.25. The lowest BCUT2D eigenvalue weighted by atomic mass is 9.92. The van der Waals surface area contributed by atoms with Crippen molar-refractivity contribution in [3.63, 3.8) is 0 Å². The average molecular weight is 417 g/mol. The SMILES string of the molecule is COCOc1cc2c3c(ccc2cc1Br)O[C@](C)(CCC=C(C)C)C=C3. The third-order valence-corrected chi connectivity index (χ3v) is 5.16. The van der Waals surface area contributed by atoms with Crippen molar-refractivity contribution in [2.24, 2.45) is 0 Å². The Morgan fingerprint density at radius 2 is 2.08 bits per heavy atom. The van der Waals surface area contributed by atoms with Crippen LogP contribution in [0.4, 0.5) is 0 Å². The van der Waals surface area contributed by atoms with E-state index in [0.29, 0.717) is 0 Å². The summed E-state index contributed by atoms with van der Waals surface area (Å²) in [6.07, 6.45) is 8.57. The molecule has 0 spiro atoms. The first kappa shape index (κ1) is 19.0. The molecule has 3 nitrogen and oxygen atoms in total. The fraction of sp³-hybridized carbons (Fsp3) is 0.364. The lowest BCUT2D eigenvalue weighted by Crippen LogP contribution is -2.31. The van der Waals surface area contributed by atoms with Crippen molar-refractivity contribution in [2.45, 2.75) is 39.2 Å². The summed E-state index contributed by atoms with van der Waals surface area (Å²) >= 11 is 3.57. The molecule has 4 heteroatoms. The van der Waals surface area contributed by atoms with E-state index in [1.54, 1.807) is 7.11 Å². The second-order valence-electron chi connectivity index (χ2n) is 7.10. The zero-order valence-electron chi connectivity index (χ0n) is 15.8. The maximum Gasteiger partial charge on any atom is 0.188 e. The molecule has 138 valence electrons. The summed E-state index contributed by atoms with van der Waals surface area (Å²) in [6.45, 7) is 6.61. The van der Waals surface area contributed by atoms with Crippen molar-refractivity contribution in [3.8, 4) is 11.5 Å². The molecule has 0 aliphatic carbocycles. The quantitative estimate of drug-likeness (QED) is 0.397. The topological polar surface area (TPSA) is 27.7 Å². The van der Waals surface area contributed by atoms with Crippen LogP contribution in [0.5, 0.6) is 11.5 Å². The molecule has 26 heavy (non-hydrogen) atoms. The maximum atomic E-state index is 6.37. The normalized spacial score (nSPS) is 18.3. The summed E-state index contributed by atoms with van der Waals surface area (Å²) in [4.78, 5) is 0. The molecule has 0 aromatic heterocycles. The van der Waals surface area contributed by atoms with Gasteiger partial charge in [0.1, 0.15) is 17.1 Å². The lowest BCUT2D eigenvalue weighted by molar-refractivity contribution is 0.0507. The second-order valence-corrected chi connectivity index (χ2v) is 7.95. The third-order valence-electron chi connectivity index (χ3n) is 4.55. The van der Waals surface area contributed by atoms with Crippen LogP contribution in [0.1, 0.15) is 39.2 Å². The number of allylic oxidation sites excluding steroid dienone is 2. The van der Waals surface area contributed by atoms with Crippen molar-refractivity contribution in [1.29, 1.82) is 0 Å². The monoisotopic (exact) mass is 416 g/mol. The van der Waals surface area contributed by atoms with Gasteiger partial charge in [0.05, 0.1) is 4.47 Å². The molecule has 1 aliphatic heterocycles. The molecule has 0 N–H and O–H groups in total. The van der Waals surface area contributed by atoms with Gasteiger partial charge in [-0.1, -0.05) is 23.8 Å². The molecule has 2 aromatic rings. The van der Waals surface area contributed by atoms with E-state index in [1.165, 1.54) is 5.57 Å². The number of ether oxygens (including phenoxy) is 3. The van der Waals surface area contributed by atoms with Crippen LogP contribution in [-0.2, 0) is 4.74 Å². The van der Waals surface area contributed by atoms with Crippen LogP contribution >= 0.6 is 15.9 Å². The van der Waals surface area contributed by atoms with Gasteiger partial charge in [0, 0.05) is 12.7 Å². The highest BCUT2D eigenvalue weighted by Gasteiger charge is 2.27. The first-order valence-electron chi connectivity index (χ1n) is 8.81. The van der Waals surface area contributed by atoms with E-state index in [2.05, 4.69) is 73.1 Å². The van der Waals surface area contributed by atoms with E-state index in [1.807, 2.05) is 6.07 Å². The van der Waals surface area contributed by atoms with Crippen LogP contribution in [0.3, 0.4) is 0 Å². The molecule has 0 saturated carbocycles. The minimum Gasteiger partial charge on any atom is -0.483 e. The van der Waals surface area contributed by atoms with Gasteiger partial charge in [-0.05, 0) is 84.6 Å². The number of hydrogen-bond acceptors (Lipinski definition) is 3. The number of benzene rings is 2. The standard InChI is InChI=1S/C22H25BrO3/c1-15(2)6-5-10-22(3)11-9-17-18-13-21(25-14-24-4)19(23)12-16(18)7-8-20(17)26-22/h6-9,11-13H,5,10,14H2,1-4H3/t22-/m1/s1.